The van der Waals surface area contributed by atoms with Crippen LogP contribution in [0.1, 0.15) is 0 Å². The van der Waals surface area contributed by atoms with Crippen LogP contribution < -0.4 is 0 Å². The van der Waals surface area contributed by atoms with E-state index in [0.29, 0.717) is 0 Å². The Kier molecular flexibility index (Phi) is 1940. The molecule has 90 valence electrons. The van der Waals surface area contributed by atoms with Crippen LogP contribution >= 0.6 is 62.0 Å². The number of halogens is 5. The third-order valence-electron chi connectivity index (χ3n) is 0. The van der Waals surface area contributed by atoms with E-state index in [-0.39, 0.29) is 801 Å². The van der Waals surface area contributed by atoms with Crippen molar-refractivity contribution in [2.75, 3.05) is 0 Å². The molecule has 0 aliphatic heterocycles. The molecule has 0 saturated carbocycles. The first-order valence-corrected chi connectivity index (χ1v) is 0. The molecule has 0 atom stereocenters. The zero-order chi connectivity index (χ0) is 0. The van der Waals surface area contributed by atoms with Gasteiger partial charge in [-0.25, -0.2) is 0 Å². The number of rotatable bonds is 0. The van der Waals surface area contributed by atoms with Crippen LogP contribution in [0.4, 0.5) is 0 Å². The fraction of sp³-hybridized carbons (Fsp3) is 0. The summed E-state index contributed by atoms with van der Waals surface area (Å²) in [6.45, 7) is 0. The quantitative estimate of drug-likeness (QED) is 0.215. The SMILES string of the molecule is Cl.Cl.Cl.Cl.Cl.[NaH].[NaH].[NaH].[NaH].[NaH].[NaH].[NaH].[NaH].[NaH].[NaH].[NaH].[NaH].[NaH].[NaH].[NaH].[NaH].[NaH].[NaH].[NaH].[NaH].[NaH].[NaH].[NaH].[NaH].[NaH]. The Morgan fingerprint density at radius 3 is 0.0667 bits per heavy atom. The van der Waals surface area contributed by atoms with Crippen LogP contribution in [0.25, 0.3) is 0 Å². The Balaban J connectivity index is 0. The summed E-state index contributed by atoms with van der Waals surface area (Å²) in [5.74, 6) is 0. The van der Waals surface area contributed by atoms with Crippen molar-refractivity contribution in [2.24, 2.45) is 0 Å². The fourth-order valence-electron chi connectivity index (χ4n) is 0. The molecule has 0 radical (unpaired) electrons. The van der Waals surface area contributed by atoms with Gasteiger partial charge in [-0.05, 0) is 0 Å². The summed E-state index contributed by atoms with van der Waals surface area (Å²) in [5.41, 5.74) is 0. The molecule has 0 N–H and O–H groups in total. The van der Waals surface area contributed by atoms with Gasteiger partial charge in [0.05, 0.1) is 0 Å². The summed E-state index contributed by atoms with van der Waals surface area (Å²) >= 11 is 0. The van der Waals surface area contributed by atoms with Crippen LogP contribution in [0, 0.1) is 0 Å². The standard InChI is InChI=1S/5ClH.25Na.25H/h5*1H;;;;;;;;;;;;;;;;;;;;;;;;;;;;;;;;;;;;;;;;;;;;;;;;;;. The Hall–Kier alpha value is 26.4. The summed E-state index contributed by atoms with van der Waals surface area (Å²) in [7, 11) is 0. The first-order chi connectivity index (χ1) is 0. The van der Waals surface area contributed by atoms with Crippen LogP contribution in [0.15, 0.2) is 0 Å². The summed E-state index contributed by atoms with van der Waals surface area (Å²) in [6, 6.07) is 0. The van der Waals surface area contributed by atoms with Gasteiger partial charge in [0.25, 0.3) is 0 Å². The Morgan fingerprint density at radius 2 is 0.0667 bits per heavy atom. The minimum absolute atomic E-state index is 0. The molecule has 30 heavy (non-hydrogen) atoms. The van der Waals surface area contributed by atoms with Gasteiger partial charge >= 0.3 is 739 Å². The molecule has 0 heterocycles. The van der Waals surface area contributed by atoms with Gasteiger partial charge in [-0.3, -0.25) is 0 Å². The summed E-state index contributed by atoms with van der Waals surface area (Å²) in [6.07, 6.45) is 0. The van der Waals surface area contributed by atoms with Crippen LogP contribution in [0.2, 0.25) is 0 Å². The predicted octanol–water partition coefficient (Wildman–Crippen LogP) is -14.1. The predicted molar refractivity (Wildman–Crippen MR) is 215 cm³/mol. The second-order valence-corrected chi connectivity index (χ2v) is 0. The third-order valence-corrected chi connectivity index (χ3v) is 0. The van der Waals surface area contributed by atoms with E-state index in [2.05, 4.69) is 0 Å². The molecular formula is H30Cl5Na25. The summed E-state index contributed by atoms with van der Waals surface area (Å²) in [4.78, 5) is 0. The van der Waals surface area contributed by atoms with Gasteiger partial charge < -0.3 is 0 Å². The van der Waals surface area contributed by atoms with Crippen LogP contribution in [0.5, 0.6) is 0 Å². The molecule has 0 aromatic heterocycles. The molecule has 0 aromatic carbocycles. The average Bonchev–Trinajstić information content (AvgIpc) is 0. The summed E-state index contributed by atoms with van der Waals surface area (Å²) in [5, 5.41) is 0. The van der Waals surface area contributed by atoms with Gasteiger partial charge in [0.1, 0.15) is 0 Å². The second-order valence-electron chi connectivity index (χ2n) is 0. The van der Waals surface area contributed by atoms with E-state index in [1.54, 1.807) is 0 Å². The average molecular weight is 782 g/mol. The molecule has 0 saturated heterocycles. The molecule has 0 bridgehead atoms. The molecule has 0 unspecified atom stereocenters. The van der Waals surface area contributed by atoms with Crippen molar-refractivity contribution in [3.63, 3.8) is 0 Å². The number of hydrogen-bond donors (Lipinski definition) is 0. The van der Waals surface area contributed by atoms with Crippen LogP contribution in [-0.4, -0.2) is 739 Å². The van der Waals surface area contributed by atoms with Gasteiger partial charge in [-0.2, -0.15) is 0 Å². The van der Waals surface area contributed by atoms with Gasteiger partial charge in [-0.1, -0.05) is 0 Å². The normalized spacial score (nSPS) is 0. The van der Waals surface area contributed by atoms with Crippen molar-refractivity contribution < 1.29 is 0 Å². The van der Waals surface area contributed by atoms with E-state index in [1.165, 1.54) is 0 Å². The second kappa shape index (κ2) is 235. The van der Waals surface area contributed by atoms with E-state index < -0.39 is 0 Å². The van der Waals surface area contributed by atoms with Crippen LogP contribution in [0.3, 0.4) is 0 Å². The molecule has 0 aromatic rings. The van der Waals surface area contributed by atoms with Crippen molar-refractivity contribution in [3.05, 3.63) is 0 Å². The van der Waals surface area contributed by atoms with E-state index in [9.17, 15) is 0 Å². The molecule has 0 spiro atoms. The maximum absolute atomic E-state index is 0. The fourth-order valence-corrected chi connectivity index (χ4v) is 0. The zero-order valence-corrected chi connectivity index (χ0v) is 6.12. The first-order valence-electron chi connectivity index (χ1n) is 0. The first kappa shape index (κ1) is 248. The van der Waals surface area contributed by atoms with Gasteiger partial charge in [0, 0.05) is 0 Å². The maximum atomic E-state index is 0. The monoisotopic (exact) mass is 780 g/mol. The third kappa shape index (κ3) is 222. The molecule has 0 fully saturated rings. The van der Waals surface area contributed by atoms with Gasteiger partial charge in [-0.15, -0.1) is 62.0 Å². The zero-order valence-electron chi connectivity index (χ0n) is 2.04. The van der Waals surface area contributed by atoms with Crippen molar-refractivity contribution >= 4 is 801 Å². The molecule has 0 aliphatic rings. The van der Waals surface area contributed by atoms with Crippen molar-refractivity contribution in [1.29, 1.82) is 0 Å². The molecular weight excluding hydrogens is 752 g/mol. The van der Waals surface area contributed by atoms with E-state index in [4.69, 9.17) is 0 Å². The Morgan fingerprint density at radius 1 is 0.0667 bits per heavy atom. The van der Waals surface area contributed by atoms with Gasteiger partial charge in [0.15, 0.2) is 0 Å². The summed E-state index contributed by atoms with van der Waals surface area (Å²) < 4.78 is 0. The molecule has 0 aliphatic carbocycles. The molecule has 0 amide bonds. The Bertz CT molecular complexity index is 19.5. The van der Waals surface area contributed by atoms with E-state index >= 15 is 0 Å². The minimum atomic E-state index is 0. The molecule has 0 rings (SSSR count). The van der Waals surface area contributed by atoms with Gasteiger partial charge in [0.2, 0.25) is 0 Å². The van der Waals surface area contributed by atoms with Crippen molar-refractivity contribution in [3.8, 4) is 0 Å². The van der Waals surface area contributed by atoms with Crippen molar-refractivity contribution in [2.45, 2.75) is 0 Å². The van der Waals surface area contributed by atoms with Crippen LogP contribution in [-0.2, 0) is 0 Å². The number of hydrogen-bond acceptors (Lipinski definition) is 0. The topological polar surface area (TPSA) is 0 Å². The van der Waals surface area contributed by atoms with Crippen molar-refractivity contribution in [1.82, 2.24) is 0 Å². The van der Waals surface area contributed by atoms with E-state index in [1.807, 2.05) is 0 Å². The molecule has 0 nitrogen and oxygen atoms in total. The van der Waals surface area contributed by atoms with E-state index in [0.717, 1.165) is 0 Å². The Labute approximate surface area is 772 Å². The molecule has 30 heteroatoms.